The maximum absolute atomic E-state index is 4.06. The van der Waals surface area contributed by atoms with E-state index in [0.29, 0.717) is 11.0 Å². The minimum Gasteiger partial charge on any atom is -0.312 e. The van der Waals surface area contributed by atoms with Crippen molar-refractivity contribution in [3.63, 3.8) is 0 Å². The van der Waals surface area contributed by atoms with E-state index in [4.69, 9.17) is 0 Å². The summed E-state index contributed by atoms with van der Waals surface area (Å²) in [6.45, 7) is 14.3. The van der Waals surface area contributed by atoms with E-state index in [0.717, 1.165) is 6.54 Å². The molecular weight excluding hydrogens is 182 g/mol. The lowest BCUT2D eigenvalue weighted by Crippen LogP contribution is -2.38. The molecule has 1 fully saturated rings. The monoisotopic (exact) mass is 209 g/mol. The van der Waals surface area contributed by atoms with Crippen molar-refractivity contribution in [2.45, 2.75) is 65.3 Å². The van der Waals surface area contributed by atoms with Crippen LogP contribution in [0.4, 0.5) is 0 Å². The number of rotatable bonds is 7. The fraction of sp³-hybridized carbons (Fsp3) is 0.857. The fourth-order valence-electron chi connectivity index (χ4n) is 1.88. The molecule has 0 bridgehead atoms. The molecule has 0 aromatic rings. The molecule has 0 radical (unpaired) electrons. The molecule has 0 saturated heterocycles. The molecule has 0 aliphatic heterocycles. The molecule has 1 saturated carbocycles. The number of nitrogens with one attached hydrogen (secondary N) is 1. The second-order valence-corrected chi connectivity index (χ2v) is 5.96. The summed E-state index contributed by atoms with van der Waals surface area (Å²) < 4.78 is 0. The SMILES string of the molecule is C=C1CC1(C)CCCCNC(C)(C)CC. The van der Waals surface area contributed by atoms with E-state index < -0.39 is 0 Å². The zero-order valence-corrected chi connectivity index (χ0v) is 10.9. The van der Waals surface area contributed by atoms with Gasteiger partial charge in [-0.1, -0.05) is 32.4 Å². The van der Waals surface area contributed by atoms with Gasteiger partial charge >= 0.3 is 0 Å². The van der Waals surface area contributed by atoms with Crippen molar-refractivity contribution in [2.24, 2.45) is 5.41 Å². The van der Waals surface area contributed by atoms with E-state index in [1.165, 1.54) is 37.7 Å². The number of unbranched alkanes of at least 4 members (excludes halogenated alkanes) is 1. The first kappa shape index (κ1) is 12.8. The Morgan fingerprint density at radius 3 is 2.47 bits per heavy atom. The van der Waals surface area contributed by atoms with Crippen LogP contribution in [0.5, 0.6) is 0 Å². The Kier molecular flexibility index (Phi) is 3.99. The second-order valence-electron chi connectivity index (χ2n) is 5.96. The normalized spacial score (nSPS) is 25.7. The summed E-state index contributed by atoms with van der Waals surface area (Å²) >= 11 is 0. The molecule has 1 heteroatoms. The van der Waals surface area contributed by atoms with Gasteiger partial charge in [0.1, 0.15) is 0 Å². The van der Waals surface area contributed by atoms with Crippen LogP contribution >= 0.6 is 0 Å². The molecule has 0 heterocycles. The Labute approximate surface area is 95.3 Å². The molecule has 1 unspecified atom stereocenters. The van der Waals surface area contributed by atoms with E-state index in [1.807, 2.05) is 0 Å². The topological polar surface area (TPSA) is 12.0 Å². The summed E-state index contributed by atoms with van der Waals surface area (Å²) in [5, 5.41) is 3.60. The van der Waals surface area contributed by atoms with Crippen LogP contribution in [0.1, 0.15) is 59.8 Å². The summed E-state index contributed by atoms with van der Waals surface area (Å²) in [5.74, 6) is 0. The Balaban J connectivity index is 2.01. The van der Waals surface area contributed by atoms with Gasteiger partial charge in [-0.05, 0) is 51.5 Å². The molecular formula is C14H27N. The zero-order valence-electron chi connectivity index (χ0n) is 10.9. The predicted octanol–water partition coefficient (Wildman–Crippen LogP) is 3.90. The van der Waals surface area contributed by atoms with Gasteiger partial charge in [0.25, 0.3) is 0 Å². The molecule has 0 aromatic carbocycles. The van der Waals surface area contributed by atoms with E-state index in [1.54, 1.807) is 0 Å². The highest BCUT2D eigenvalue weighted by molar-refractivity contribution is 5.27. The van der Waals surface area contributed by atoms with Crippen LogP contribution in [0.15, 0.2) is 12.2 Å². The average Bonchev–Trinajstić information content (AvgIpc) is 2.74. The van der Waals surface area contributed by atoms with E-state index >= 15 is 0 Å². The van der Waals surface area contributed by atoms with Gasteiger partial charge in [0.2, 0.25) is 0 Å². The molecule has 88 valence electrons. The third-order valence-corrected chi connectivity index (χ3v) is 3.97. The summed E-state index contributed by atoms with van der Waals surface area (Å²) in [6, 6.07) is 0. The highest BCUT2D eigenvalue weighted by Gasteiger charge is 2.41. The maximum Gasteiger partial charge on any atom is 0.0122 e. The van der Waals surface area contributed by atoms with Crippen LogP contribution in [0.2, 0.25) is 0 Å². The first-order valence-corrected chi connectivity index (χ1v) is 6.33. The van der Waals surface area contributed by atoms with Crippen LogP contribution in [-0.2, 0) is 0 Å². The fourth-order valence-corrected chi connectivity index (χ4v) is 1.88. The molecule has 0 amide bonds. The highest BCUT2D eigenvalue weighted by Crippen LogP contribution is 2.53. The molecule has 15 heavy (non-hydrogen) atoms. The van der Waals surface area contributed by atoms with Crippen LogP contribution < -0.4 is 5.32 Å². The van der Waals surface area contributed by atoms with Crippen LogP contribution in [0, 0.1) is 5.41 Å². The van der Waals surface area contributed by atoms with E-state index in [2.05, 4.69) is 39.6 Å². The molecule has 1 aliphatic rings. The smallest absolute Gasteiger partial charge is 0.0122 e. The summed E-state index contributed by atoms with van der Waals surface area (Å²) in [5.41, 5.74) is 2.29. The van der Waals surface area contributed by atoms with E-state index in [9.17, 15) is 0 Å². The number of hydrogen-bond acceptors (Lipinski definition) is 1. The van der Waals surface area contributed by atoms with Gasteiger partial charge in [0.05, 0.1) is 0 Å². The van der Waals surface area contributed by atoms with Crippen molar-refractivity contribution >= 4 is 0 Å². The molecule has 1 aliphatic carbocycles. The lowest BCUT2D eigenvalue weighted by molar-refractivity contribution is 0.366. The quantitative estimate of drug-likeness (QED) is 0.495. The Hall–Kier alpha value is -0.300. The van der Waals surface area contributed by atoms with Crippen molar-refractivity contribution < 1.29 is 0 Å². The van der Waals surface area contributed by atoms with Crippen LogP contribution in [0.25, 0.3) is 0 Å². The lowest BCUT2D eigenvalue weighted by Gasteiger charge is -2.24. The van der Waals surface area contributed by atoms with Crippen molar-refractivity contribution in [1.29, 1.82) is 0 Å². The standard InChI is InChI=1S/C14H27N/c1-6-13(3,4)15-10-8-7-9-14(5)11-12(14)2/h15H,2,6-11H2,1,3-5H3. The molecule has 1 atom stereocenters. The van der Waals surface area contributed by atoms with E-state index in [-0.39, 0.29) is 0 Å². The zero-order chi connectivity index (χ0) is 11.5. The molecule has 1 N–H and O–H groups in total. The number of allylic oxidation sites excluding steroid dienone is 1. The minimum atomic E-state index is 0.313. The van der Waals surface area contributed by atoms with Gasteiger partial charge in [-0.25, -0.2) is 0 Å². The first-order valence-electron chi connectivity index (χ1n) is 6.33. The molecule has 1 rings (SSSR count). The summed E-state index contributed by atoms with van der Waals surface area (Å²) in [6.07, 6.45) is 6.43. The Morgan fingerprint density at radius 2 is 2.00 bits per heavy atom. The first-order chi connectivity index (χ1) is 6.90. The lowest BCUT2D eigenvalue weighted by atomic mass is 9.99. The van der Waals surface area contributed by atoms with Crippen LogP contribution in [-0.4, -0.2) is 12.1 Å². The van der Waals surface area contributed by atoms with Gasteiger partial charge in [-0.3, -0.25) is 0 Å². The number of hydrogen-bond donors (Lipinski definition) is 1. The van der Waals surface area contributed by atoms with Gasteiger partial charge in [-0.15, -0.1) is 0 Å². The minimum absolute atomic E-state index is 0.313. The Bertz CT molecular complexity index is 229. The molecule has 0 spiro atoms. The summed E-state index contributed by atoms with van der Waals surface area (Å²) in [7, 11) is 0. The third-order valence-electron chi connectivity index (χ3n) is 3.97. The van der Waals surface area contributed by atoms with Crippen molar-refractivity contribution in [1.82, 2.24) is 5.32 Å². The van der Waals surface area contributed by atoms with Crippen molar-refractivity contribution in [2.75, 3.05) is 6.54 Å². The molecule has 1 nitrogen and oxygen atoms in total. The van der Waals surface area contributed by atoms with Crippen molar-refractivity contribution in [3.8, 4) is 0 Å². The van der Waals surface area contributed by atoms with Gasteiger partial charge in [0.15, 0.2) is 0 Å². The Morgan fingerprint density at radius 1 is 1.40 bits per heavy atom. The predicted molar refractivity (Wildman–Crippen MR) is 68.1 cm³/mol. The summed E-state index contributed by atoms with van der Waals surface area (Å²) in [4.78, 5) is 0. The highest BCUT2D eigenvalue weighted by atomic mass is 14.9. The third kappa shape index (κ3) is 3.98. The molecule has 0 aromatic heterocycles. The van der Waals surface area contributed by atoms with Crippen LogP contribution in [0.3, 0.4) is 0 Å². The average molecular weight is 209 g/mol. The second kappa shape index (κ2) is 4.69. The van der Waals surface area contributed by atoms with Gasteiger partial charge in [0, 0.05) is 5.54 Å². The largest absolute Gasteiger partial charge is 0.312 e. The van der Waals surface area contributed by atoms with Crippen molar-refractivity contribution in [3.05, 3.63) is 12.2 Å². The van der Waals surface area contributed by atoms with Gasteiger partial charge in [-0.2, -0.15) is 0 Å². The van der Waals surface area contributed by atoms with Gasteiger partial charge < -0.3 is 5.32 Å². The maximum atomic E-state index is 4.06.